The van der Waals surface area contributed by atoms with Crippen molar-refractivity contribution in [3.63, 3.8) is 0 Å². The summed E-state index contributed by atoms with van der Waals surface area (Å²) in [6, 6.07) is 6.33. The normalized spacial score (nSPS) is 18.2. The van der Waals surface area contributed by atoms with E-state index in [9.17, 15) is 0 Å². The number of fused-ring (bicyclic) bond motifs is 2. The number of ether oxygens (including phenoxy) is 1. The molecule has 2 fully saturated rings. The van der Waals surface area contributed by atoms with Gasteiger partial charge in [0, 0.05) is 48.9 Å². The van der Waals surface area contributed by atoms with Crippen molar-refractivity contribution in [3.8, 4) is 17.0 Å². The van der Waals surface area contributed by atoms with E-state index in [0.717, 1.165) is 41.2 Å². The van der Waals surface area contributed by atoms with Crippen molar-refractivity contribution >= 4 is 22.5 Å². The maximum absolute atomic E-state index is 5.58. The minimum atomic E-state index is 0.312. The minimum Gasteiger partial charge on any atom is -0.493 e. The lowest BCUT2D eigenvalue weighted by molar-refractivity contribution is -0.00276. The summed E-state index contributed by atoms with van der Waals surface area (Å²) in [4.78, 5) is 17.8. The Morgan fingerprint density at radius 3 is 2.68 bits per heavy atom. The minimum absolute atomic E-state index is 0.312. The van der Waals surface area contributed by atoms with Crippen molar-refractivity contribution in [2.45, 2.75) is 19.8 Å². The molecule has 8 heteroatoms. The number of pyridine rings is 2. The molecule has 160 valence electrons. The van der Waals surface area contributed by atoms with E-state index in [1.165, 1.54) is 18.7 Å². The van der Waals surface area contributed by atoms with Crippen LogP contribution in [0.1, 0.15) is 25.3 Å². The molecule has 0 radical (unpaired) electrons. The number of nitrogens with zero attached hydrogens (tertiary/aromatic N) is 6. The molecule has 1 spiro atoms. The van der Waals surface area contributed by atoms with E-state index in [1.807, 2.05) is 12.3 Å². The van der Waals surface area contributed by atoms with Gasteiger partial charge in [-0.05, 0) is 31.2 Å². The lowest BCUT2D eigenvalue weighted by Gasteiger charge is -2.59. The van der Waals surface area contributed by atoms with E-state index in [1.54, 1.807) is 18.0 Å². The first-order chi connectivity index (χ1) is 15.0. The molecule has 6 rings (SSSR count). The molecule has 0 bridgehead atoms. The average Bonchev–Trinajstić information content (AvgIpc) is 3.32. The third-order valence-corrected chi connectivity index (χ3v) is 6.68. The Balaban J connectivity index is 1.43. The van der Waals surface area contributed by atoms with Crippen LogP contribution in [-0.2, 0) is 0 Å². The number of likely N-dealkylation sites (tertiary alicyclic amines) is 1. The molecule has 6 heterocycles. The topological polar surface area (TPSA) is 74.6 Å². The van der Waals surface area contributed by atoms with Crippen molar-refractivity contribution in [1.82, 2.24) is 29.5 Å². The van der Waals surface area contributed by atoms with Crippen molar-refractivity contribution in [3.05, 3.63) is 36.3 Å². The Morgan fingerprint density at radius 1 is 1.16 bits per heavy atom. The standard InChI is InChI=1S/C23H27N7O/c1-14(2)19-20(15-7-17(31-4)22-24-13-25-30(22)8-15)26-16-5-6-18(27-21(16)19)29-11-23(12-29)9-28(3)10-23/h5-8,13-14,26H,9-12H2,1-4H3. The van der Waals surface area contributed by atoms with Crippen LogP contribution in [0.5, 0.6) is 5.75 Å². The van der Waals surface area contributed by atoms with Gasteiger partial charge in [-0.1, -0.05) is 13.8 Å². The second-order valence-corrected chi connectivity index (χ2v) is 9.49. The summed E-state index contributed by atoms with van der Waals surface area (Å²) < 4.78 is 7.34. The van der Waals surface area contributed by atoms with Crippen LogP contribution in [-0.4, -0.2) is 69.8 Å². The van der Waals surface area contributed by atoms with E-state index in [2.05, 4.69) is 57.9 Å². The van der Waals surface area contributed by atoms with Crippen LogP contribution >= 0.6 is 0 Å². The SMILES string of the molecule is COc1cc(-c2[nH]c3ccc(N4CC5(CN(C)C5)C4)nc3c2C(C)C)cn2ncnc12. The summed E-state index contributed by atoms with van der Waals surface area (Å²) in [5.41, 5.74) is 6.59. The van der Waals surface area contributed by atoms with E-state index in [0.29, 0.717) is 22.7 Å². The number of hydrogen-bond acceptors (Lipinski definition) is 6. The first-order valence-electron chi connectivity index (χ1n) is 10.8. The molecule has 2 saturated heterocycles. The first-order valence-corrected chi connectivity index (χ1v) is 10.8. The van der Waals surface area contributed by atoms with Crippen LogP contribution in [0.25, 0.3) is 27.9 Å². The van der Waals surface area contributed by atoms with E-state index < -0.39 is 0 Å². The molecular weight excluding hydrogens is 390 g/mol. The lowest BCUT2D eigenvalue weighted by Crippen LogP contribution is -2.71. The summed E-state index contributed by atoms with van der Waals surface area (Å²) in [5.74, 6) is 2.09. The Kier molecular flexibility index (Phi) is 3.87. The van der Waals surface area contributed by atoms with Gasteiger partial charge in [0.05, 0.1) is 23.8 Å². The molecule has 2 aliphatic rings. The molecule has 0 aliphatic carbocycles. The molecular formula is C23H27N7O. The summed E-state index contributed by atoms with van der Waals surface area (Å²) in [6.45, 7) is 9.03. The van der Waals surface area contributed by atoms with Crippen molar-refractivity contribution in [2.24, 2.45) is 5.41 Å². The zero-order chi connectivity index (χ0) is 21.3. The number of rotatable bonds is 4. The van der Waals surface area contributed by atoms with Gasteiger partial charge in [0.15, 0.2) is 11.4 Å². The highest BCUT2D eigenvalue weighted by atomic mass is 16.5. The zero-order valence-electron chi connectivity index (χ0n) is 18.4. The molecule has 0 atom stereocenters. The number of anilines is 1. The largest absolute Gasteiger partial charge is 0.493 e. The maximum Gasteiger partial charge on any atom is 0.197 e. The predicted molar refractivity (Wildman–Crippen MR) is 121 cm³/mol. The van der Waals surface area contributed by atoms with Crippen molar-refractivity contribution in [2.75, 3.05) is 45.2 Å². The van der Waals surface area contributed by atoms with Crippen molar-refractivity contribution in [1.29, 1.82) is 0 Å². The maximum atomic E-state index is 5.58. The number of nitrogens with one attached hydrogen (secondary N) is 1. The molecule has 0 unspecified atom stereocenters. The van der Waals surface area contributed by atoms with Gasteiger partial charge in [-0.15, -0.1) is 0 Å². The quantitative estimate of drug-likeness (QED) is 0.550. The summed E-state index contributed by atoms with van der Waals surface area (Å²) in [7, 11) is 3.86. The molecule has 0 aromatic carbocycles. The van der Waals surface area contributed by atoms with Gasteiger partial charge in [0.1, 0.15) is 12.1 Å². The van der Waals surface area contributed by atoms with E-state index >= 15 is 0 Å². The molecule has 4 aromatic rings. The van der Waals surface area contributed by atoms with Gasteiger partial charge in [-0.2, -0.15) is 5.10 Å². The Bertz CT molecular complexity index is 1290. The van der Waals surface area contributed by atoms with Gasteiger partial charge in [0.25, 0.3) is 0 Å². The highest BCUT2D eigenvalue weighted by molar-refractivity contribution is 5.90. The number of aromatic nitrogens is 5. The fourth-order valence-corrected chi connectivity index (χ4v) is 5.45. The fraction of sp³-hybridized carbons (Fsp3) is 0.435. The van der Waals surface area contributed by atoms with Gasteiger partial charge in [-0.3, -0.25) is 0 Å². The molecule has 31 heavy (non-hydrogen) atoms. The molecule has 4 aromatic heterocycles. The molecule has 0 saturated carbocycles. The van der Waals surface area contributed by atoms with Crippen LogP contribution in [0.15, 0.2) is 30.7 Å². The molecule has 8 nitrogen and oxygen atoms in total. The Hall–Kier alpha value is -3.13. The molecule has 2 aliphatic heterocycles. The second kappa shape index (κ2) is 6.43. The van der Waals surface area contributed by atoms with Gasteiger partial charge < -0.3 is 19.5 Å². The van der Waals surface area contributed by atoms with Crippen LogP contribution in [0, 0.1) is 5.41 Å². The second-order valence-electron chi connectivity index (χ2n) is 9.49. The summed E-state index contributed by atoms with van der Waals surface area (Å²) in [5, 5.41) is 4.32. The Morgan fingerprint density at radius 2 is 1.97 bits per heavy atom. The lowest BCUT2D eigenvalue weighted by atomic mass is 9.73. The first kappa shape index (κ1) is 18.6. The smallest absolute Gasteiger partial charge is 0.197 e. The summed E-state index contributed by atoms with van der Waals surface area (Å²) in [6.07, 6.45) is 3.54. The monoisotopic (exact) mass is 417 g/mol. The third-order valence-electron chi connectivity index (χ3n) is 6.68. The number of aromatic amines is 1. The Labute approximate surface area is 180 Å². The average molecular weight is 418 g/mol. The van der Waals surface area contributed by atoms with E-state index in [-0.39, 0.29) is 0 Å². The van der Waals surface area contributed by atoms with Crippen LogP contribution < -0.4 is 9.64 Å². The van der Waals surface area contributed by atoms with Crippen LogP contribution in [0.4, 0.5) is 5.82 Å². The van der Waals surface area contributed by atoms with Gasteiger partial charge >= 0.3 is 0 Å². The summed E-state index contributed by atoms with van der Waals surface area (Å²) >= 11 is 0. The van der Waals surface area contributed by atoms with Crippen LogP contribution in [0.2, 0.25) is 0 Å². The molecule has 0 amide bonds. The number of H-pyrrole nitrogens is 1. The highest BCUT2D eigenvalue weighted by Crippen LogP contribution is 2.42. The highest BCUT2D eigenvalue weighted by Gasteiger charge is 2.50. The third kappa shape index (κ3) is 2.74. The molecule has 1 N–H and O–H groups in total. The number of hydrogen-bond donors (Lipinski definition) is 1. The van der Waals surface area contributed by atoms with Crippen LogP contribution in [0.3, 0.4) is 0 Å². The predicted octanol–water partition coefficient (Wildman–Crippen LogP) is 3.16. The van der Waals surface area contributed by atoms with Crippen molar-refractivity contribution < 1.29 is 4.74 Å². The van der Waals surface area contributed by atoms with Gasteiger partial charge in [0.2, 0.25) is 0 Å². The number of methoxy groups -OCH3 is 1. The van der Waals surface area contributed by atoms with E-state index in [4.69, 9.17) is 9.72 Å². The van der Waals surface area contributed by atoms with Gasteiger partial charge in [-0.25, -0.2) is 14.5 Å². The fourth-order valence-electron chi connectivity index (χ4n) is 5.45. The zero-order valence-corrected chi connectivity index (χ0v) is 18.4.